The van der Waals surface area contributed by atoms with Crippen molar-refractivity contribution in [2.24, 2.45) is 11.8 Å². The Labute approximate surface area is 118 Å². The van der Waals surface area contributed by atoms with E-state index in [-0.39, 0.29) is 23.9 Å². The van der Waals surface area contributed by atoms with Crippen molar-refractivity contribution in [3.05, 3.63) is 35.1 Å². The first-order chi connectivity index (χ1) is 8.65. The number of aryl methyl sites for hydroxylation is 1. The van der Waals surface area contributed by atoms with E-state index in [4.69, 9.17) is 0 Å². The molecule has 2 atom stereocenters. The number of hydrogen-bond acceptors (Lipinski definition) is 2. The molecule has 104 valence electrons. The van der Waals surface area contributed by atoms with Crippen molar-refractivity contribution < 1.29 is 9.18 Å². The molecule has 0 bridgehead atoms. The molecule has 3 rings (SSSR count). The van der Waals surface area contributed by atoms with Crippen molar-refractivity contribution in [1.29, 1.82) is 0 Å². The van der Waals surface area contributed by atoms with Gasteiger partial charge in [0.25, 0.3) is 5.91 Å². The number of nitrogens with one attached hydrogen (secondary N) is 1. The predicted octanol–water partition coefficient (Wildman–Crippen LogP) is 1.85. The van der Waals surface area contributed by atoms with Gasteiger partial charge in [0.1, 0.15) is 5.82 Å². The third kappa shape index (κ3) is 2.60. The predicted molar refractivity (Wildman–Crippen MR) is 74.1 cm³/mol. The van der Waals surface area contributed by atoms with Crippen LogP contribution in [0.5, 0.6) is 0 Å². The van der Waals surface area contributed by atoms with Crippen LogP contribution in [0, 0.1) is 24.6 Å². The van der Waals surface area contributed by atoms with E-state index in [1.807, 2.05) is 6.92 Å². The molecule has 0 radical (unpaired) electrons. The van der Waals surface area contributed by atoms with E-state index < -0.39 is 5.82 Å². The lowest BCUT2D eigenvalue weighted by molar-refractivity contribution is 0.0777. The number of amides is 1. The molecule has 0 spiro atoms. The summed E-state index contributed by atoms with van der Waals surface area (Å²) in [5.74, 6) is 0.516. The van der Waals surface area contributed by atoms with Gasteiger partial charge in [-0.25, -0.2) is 4.39 Å². The van der Waals surface area contributed by atoms with E-state index >= 15 is 0 Å². The molecule has 2 heterocycles. The molecule has 1 aromatic carbocycles. The Morgan fingerprint density at radius 1 is 1.32 bits per heavy atom. The lowest BCUT2D eigenvalue weighted by Crippen LogP contribution is -2.32. The zero-order valence-corrected chi connectivity index (χ0v) is 11.7. The molecule has 3 nitrogen and oxygen atoms in total. The van der Waals surface area contributed by atoms with Crippen LogP contribution in [0.2, 0.25) is 0 Å². The molecule has 2 saturated heterocycles. The van der Waals surface area contributed by atoms with Crippen LogP contribution in [0.3, 0.4) is 0 Å². The van der Waals surface area contributed by atoms with Crippen LogP contribution >= 0.6 is 12.4 Å². The SMILES string of the molecule is Cc1ccc(C(=O)N2C[C@H]3CNC[C@H]3C2)c(F)c1.Cl. The Hall–Kier alpha value is -1.13. The summed E-state index contributed by atoms with van der Waals surface area (Å²) in [6, 6.07) is 4.81. The number of hydrogen-bond donors (Lipinski definition) is 1. The zero-order chi connectivity index (χ0) is 12.7. The highest BCUT2D eigenvalue weighted by Gasteiger charge is 2.38. The van der Waals surface area contributed by atoms with Crippen LogP contribution < -0.4 is 5.32 Å². The molecule has 5 heteroatoms. The number of benzene rings is 1. The summed E-state index contributed by atoms with van der Waals surface area (Å²) in [5.41, 5.74) is 1.04. The van der Waals surface area contributed by atoms with Gasteiger partial charge in [0, 0.05) is 26.2 Å². The van der Waals surface area contributed by atoms with Crippen molar-refractivity contribution in [3.8, 4) is 0 Å². The van der Waals surface area contributed by atoms with E-state index in [2.05, 4.69) is 5.32 Å². The quantitative estimate of drug-likeness (QED) is 0.854. The first-order valence-electron chi connectivity index (χ1n) is 6.41. The number of halogens is 2. The Balaban J connectivity index is 0.00000133. The lowest BCUT2D eigenvalue weighted by atomic mass is 10.0. The summed E-state index contributed by atoms with van der Waals surface area (Å²) in [7, 11) is 0. The van der Waals surface area contributed by atoms with E-state index in [0.29, 0.717) is 11.8 Å². The maximum Gasteiger partial charge on any atom is 0.256 e. The number of rotatable bonds is 1. The van der Waals surface area contributed by atoms with Gasteiger partial charge in [-0.2, -0.15) is 0 Å². The molecule has 0 aliphatic carbocycles. The van der Waals surface area contributed by atoms with Gasteiger partial charge in [-0.3, -0.25) is 4.79 Å². The van der Waals surface area contributed by atoms with E-state index in [1.54, 1.807) is 17.0 Å². The molecule has 1 amide bonds. The third-order valence-electron chi connectivity index (χ3n) is 4.03. The average Bonchev–Trinajstić information content (AvgIpc) is 2.87. The van der Waals surface area contributed by atoms with Crippen molar-refractivity contribution in [1.82, 2.24) is 10.2 Å². The highest BCUT2D eigenvalue weighted by atomic mass is 35.5. The standard InChI is InChI=1S/C14H17FN2O.ClH/c1-9-2-3-12(13(15)4-9)14(18)17-7-10-5-16-6-11(10)8-17;/h2-4,10-11,16H,5-8H2,1H3;1H/t10-,11+;. The Kier molecular flexibility index (Phi) is 4.11. The van der Waals surface area contributed by atoms with E-state index in [9.17, 15) is 9.18 Å². The molecule has 0 aromatic heterocycles. The number of fused-ring (bicyclic) bond motifs is 1. The average molecular weight is 285 g/mol. The minimum Gasteiger partial charge on any atom is -0.338 e. The van der Waals surface area contributed by atoms with Crippen molar-refractivity contribution in [2.45, 2.75) is 6.92 Å². The second-order valence-corrected chi connectivity index (χ2v) is 5.37. The minimum atomic E-state index is -0.407. The lowest BCUT2D eigenvalue weighted by Gasteiger charge is -2.18. The molecular formula is C14H18ClFN2O. The van der Waals surface area contributed by atoms with Crippen molar-refractivity contribution in [2.75, 3.05) is 26.2 Å². The normalized spacial score (nSPS) is 25.1. The van der Waals surface area contributed by atoms with E-state index in [1.165, 1.54) is 6.07 Å². The van der Waals surface area contributed by atoms with Gasteiger partial charge in [0.2, 0.25) is 0 Å². The summed E-state index contributed by atoms with van der Waals surface area (Å²) < 4.78 is 13.8. The summed E-state index contributed by atoms with van der Waals surface area (Å²) >= 11 is 0. The molecule has 2 fully saturated rings. The highest BCUT2D eigenvalue weighted by Crippen LogP contribution is 2.27. The molecule has 19 heavy (non-hydrogen) atoms. The molecule has 1 N–H and O–H groups in total. The number of likely N-dealkylation sites (tertiary alicyclic amines) is 1. The van der Waals surface area contributed by atoms with Crippen LogP contribution in [0.15, 0.2) is 18.2 Å². The first kappa shape index (κ1) is 14.3. The first-order valence-corrected chi connectivity index (χ1v) is 6.41. The summed E-state index contributed by atoms with van der Waals surface area (Å²) in [4.78, 5) is 14.1. The Morgan fingerprint density at radius 2 is 1.95 bits per heavy atom. The maximum atomic E-state index is 13.8. The van der Waals surface area contributed by atoms with Gasteiger partial charge in [0.15, 0.2) is 0 Å². The smallest absolute Gasteiger partial charge is 0.256 e. The summed E-state index contributed by atoms with van der Waals surface area (Å²) in [6.45, 7) is 5.28. The van der Waals surface area contributed by atoms with Gasteiger partial charge in [0.05, 0.1) is 5.56 Å². The van der Waals surface area contributed by atoms with Crippen LogP contribution in [0.4, 0.5) is 4.39 Å². The zero-order valence-electron chi connectivity index (χ0n) is 10.9. The monoisotopic (exact) mass is 284 g/mol. The number of nitrogens with zero attached hydrogens (tertiary/aromatic N) is 1. The number of carbonyl (C=O) groups is 1. The molecule has 0 unspecified atom stereocenters. The highest BCUT2D eigenvalue weighted by molar-refractivity contribution is 5.94. The van der Waals surface area contributed by atoms with Gasteiger partial charge in [-0.05, 0) is 36.5 Å². The molecule has 2 aliphatic heterocycles. The molecule has 2 aliphatic rings. The molecular weight excluding hydrogens is 267 g/mol. The van der Waals surface area contributed by atoms with Crippen LogP contribution in [0.1, 0.15) is 15.9 Å². The summed E-state index contributed by atoms with van der Waals surface area (Å²) in [6.07, 6.45) is 0. The van der Waals surface area contributed by atoms with Crippen molar-refractivity contribution >= 4 is 18.3 Å². The van der Waals surface area contributed by atoms with Gasteiger partial charge < -0.3 is 10.2 Å². The second kappa shape index (κ2) is 5.47. The van der Waals surface area contributed by atoms with Crippen LogP contribution in [-0.4, -0.2) is 37.0 Å². The van der Waals surface area contributed by atoms with Gasteiger partial charge in [-0.1, -0.05) is 6.07 Å². The minimum absolute atomic E-state index is 0. The van der Waals surface area contributed by atoms with Gasteiger partial charge >= 0.3 is 0 Å². The maximum absolute atomic E-state index is 13.8. The fraction of sp³-hybridized carbons (Fsp3) is 0.500. The third-order valence-corrected chi connectivity index (χ3v) is 4.03. The van der Waals surface area contributed by atoms with Crippen molar-refractivity contribution in [3.63, 3.8) is 0 Å². The molecule has 0 saturated carbocycles. The van der Waals surface area contributed by atoms with E-state index in [0.717, 1.165) is 31.7 Å². The van der Waals surface area contributed by atoms with Crippen LogP contribution in [-0.2, 0) is 0 Å². The summed E-state index contributed by atoms with van der Waals surface area (Å²) in [5, 5.41) is 3.33. The second-order valence-electron chi connectivity index (χ2n) is 5.37. The fourth-order valence-electron chi connectivity index (χ4n) is 2.99. The Bertz CT molecular complexity index is 482. The number of carbonyl (C=O) groups excluding carboxylic acids is 1. The topological polar surface area (TPSA) is 32.3 Å². The fourth-order valence-corrected chi connectivity index (χ4v) is 2.99. The van der Waals surface area contributed by atoms with Crippen LogP contribution in [0.25, 0.3) is 0 Å². The van der Waals surface area contributed by atoms with Gasteiger partial charge in [-0.15, -0.1) is 12.4 Å². The largest absolute Gasteiger partial charge is 0.338 e. The Morgan fingerprint density at radius 3 is 2.53 bits per heavy atom. The molecule has 1 aromatic rings.